The Morgan fingerprint density at radius 1 is 0.970 bits per heavy atom. The normalized spacial score (nSPS) is 16.4. The molecule has 0 bridgehead atoms. The van der Waals surface area contributed by atoms with Crippen molar-refractivity contribution in [2.45, 2.75) is 87.8 Å². The zero-order chi connectivity index (χ0) is 23.8. The lowest BCUT2D eigenvalue weighted by Gasteiger charge is -2.42. The van der Waals surface area contributed by atoms with Gasteiger partial charge in [-0.3, -0.25) is 0 Å². The fraction of sp³-hybridized carbons (Fsp3) is 0.433. The smallest absolute Gasteiger partial charge is 0.338 e. The molecular formula is C30H36O2S. The summed E-state index contributed by atoms with van der Waals surface area (Å²) >= 11 is 1.82. The maximum atomic E-state index is 12.6. The summed E-state index contributed by atoms with van der Waals surface area (Å²) in [5.41, 5.74) is 5.40. The molecule has 0 amide bonds. The van der Waals surface area contributed by atoms with Gasteiger partial charge >= 0.3 is 5.97 Å². The Labute approximate surface area is 203 Å². The molecule has 0 spiro atoms. The maximum Gasteiger partial charge on any atom is 0.338 e. The number of unbranched alkanes of at least 4 members (excludes halogenated alkanes) is 1. The van der Waals surface area contributed by atoms with Crippen LogP contribution in [0.5, 0.6) is 0 Å². The molecule has 33 heavy (non-hydrogen) atoms. The van der Waals surface area contributed by atoms with Gasteiger partial charge in [0.05, 0.1) is 12.2 Å². The lowest BCUT2D eigenvalue weighted by molar-refractivity contribution is 0.0502. The van der Waals surface area contributed by atoms with E-state index in [4.69, 9.17) is 4.74 Å². The Morgan fingerprint density at radius 2 is 1.67 bits per heavy atom. The summed E-state index contributed by atoms with van der Waals surface area (Å²) in [6.07, 6.45) is 4.35. The summed E-state index contributed by atoms with van der Waals surface area (Å²) in [5, 5.41) is 2.02. The van der Waals surface area contributed by atoms with Gasteiger partial charge in [0.25, 0.3) is 0 Å². The van der Waals surface area contributed by atoms with Crippen molar-refractivity contribution in [3.63, 3.8) is 0 Å². The number of fused-ring (bicyclic) bond motifs is 2. The van der Waals surface area contributed by atoms with Crippen LogP contribution in [0.3, 0.4) is 0 Å². The van der Waals surface area contributed by atoms with Gasteiger partial charge in [-0.05, 0) is 88.7 Å². The molecule has 3 aromatic carbocycles. The molecule has 0 aliphatic heterocycles. The van der Waals surface area contributed by atoms with Crippen molar-refractivity contribution in [3.8, 4) is 0 Å². The van der Waals surface area contributed by atoms with Gasteiger partial charge < -0.3 is 4.74 Å². The van der Waals surface area contributed by atoms with Crippen molar-refractivity contribution in [1.29, 1.82) is 0 Å². The van der Waals surface area contributed by atoms with Crippen molar-refractivity contribution in [1.82, 2.24) is 0 Å². The number of ether oxygens (including phenoxy) is 1. The number of carbonyl (C=O) groups excluding carboxylic acids is 1. The predicted molar refractivity (Wildman–Crippen MR) is 140 cm³/mol. The predicted octanol–water partition coefficient (Wildman–Crippen LogP) is 8.61. The monoisotopic (exact) mass is 460 g/mol. The highest BCUT2D eigenvalue weighted by Crippen LogP contribution is 2.48. The van der Waals surface area contributed by atoms with Gasteiger partial charge in [-0.25, -0.2) is 4.79 Å². The number of hydrogen-bond acceptors (Lipinski definition) is 3. The molecule has 0 aromatic heterocycles. The molecule has 0 unspecified atom stereocenters. The fourth-order valence-electron chi connectivity index (χ4n) is 4.83. The van der Waals surface area contributed by atoms with E-state index in [-0.39, 0.29) is 16.8 Å². The van der Waals surface area contributed by atoms with Gasteiger partial charge in [0.1, 0.15) is 0 Å². The van der Waals surface area contributed by atoms with Gasteiger partial charge in [0.15, 0.2) is 0 Å². The zero-order valence-corrected chi connectivity index (χ0v) is 21.7. The SMILES string of the molecule is CCCCOC(=O)c1cccc2cc(Sc3cc4c(cc3C)C(C)(C)CCC4(C)C)ccc12. The molecule has 0 saturated heterocycles. The van der Waals surface area contributed by atoms with Crippen LogP contribution in [0, 0.1) is 6.92 Å². The zero-order valence-electron chi connectivity index (χ0n) is 20.9. The third-order valence-electron chi connectivity index (χ3n) is 7.18. The first-order valence-electron chi connectivity index (χ1n) is 12.2. The summed E-state index contributed by atoms with van der Waals surface area (Å²) in [4.78, 5) is 15.1. The van der Waals surface area contributed by atoms with E-state index in [1.54, 1.807) is 0 Å². The van der Waals surface area contributed by atoms with E-state index in [2.05, 4.69) is 77.9 Å². The van der Waals surface area contributed by atoms with Crippen LogP contribution >= 0.6 is 11.8 Å². The topological polar surface area (TPSA) is 26.3 Å². The van der Waals surface area contributed by atoms with E-state index in [1.165, 1.54) is 39.3 Å². The maximum absolute atomic E-state index is 12.6. The molecule has 0 saturated carbocycles. The van der Waals surface area contributed by atoms with E-state index in [0.717, 1.165) is 23.6 Å². The first-order chi connectivity index (χ1) is 15.6. The van der Waals surface area contributed by atoms with E-state index < -0.39 is 0 Å². The van der Waals surface area contributed by atoms with E-state index in [1.807, 2.05) is 23.9 Å². The molecule has 4 rings (SSSR count). The molecule has 0 fully saturated rings. The Morgan fingerprint density at radius 3 is 2.36 bits per heavy atom. The second-order valence-corrected chi connectivity index (χ2v) is 11.8. The van der Waals surface area contributed by atoms with Crippen molar-refractivity contribution in [3.05, 3.63) is 70.8 Å². The Kier molecular flexibility index (Phi) is 6.64. The molecular weight excluding hydrogens is 424 g/mol. The van der Waals surface area contributed by atoms with Gasteiger partial charge in [0, 0.05) is 9.79 Å². The molecule has 3 aromatic rings. The van der Waals surface area contributed by atoms with E-state index in [9.17, 15) is 4.79 Å². The van der Waals surface area contributed by atoms with Crippen molar-refractivity contribution >= 4 is 28.5 Å². The highest BCUT2D eigenvalue weighted by atomic mass is 32.2. The number of esters is 1. The summed E-state index contributed by atoms with van der Waals surface area (Å²) in [6.45, 7) is 14.3. The molecule has 0 heterocycles. The number of hydrogen-bond donors (Lipinski definition) is 0. The number of carbonyl (C=O) groups is 1. The van der Waals surface area contributed by atoms with Crippen LogP contribution in [0.2, 0.25) is 0 Å². The molecule has 1 aliphatic rings. The van der Waals surface area contributed by atoms with Crippen LogP contribution in [0.25, 0.3) is 10.8 Å². The number of benzene rings is 3. The van der Waals surface area contributed by atoms with Gasteiger partial charge in [-0.1, -0.05) is 77.1 Å². The average molecular weight is 461 g/mol. The van der Waals surface area contributed by atoms with E-state index >= 15 is 0 Å². The van der Waals surface area contributed by atoms with Crippen molar-refractivity contribution in [2.75, 3.05) is 6.61 Å². The van der Waals surface area contributed by atoms with Crippen LogP contribution < -0.4 is 0 Å². The minimum atomic E-state index is -0.232. The average Bonchev–Trinajstić information content (AvgIpc) is 2.77. The Balaban J connectivity index is 1.66. The fourth-order valence-corrected chi connectivity index (χ4v) is 5.80. The lowest BCUT2D eigenvalue weighted by atomic mass is 9.63. The molecule has 2 nitrogen and oxygen atoms in total. The van der Waals surface area contributed by atoms with Gasteiger partial charge in [-0.15, -0.1) is 0 Å². The molecule has 3 heteroatoms. The third-order valence-corrected chi connectivity index (χ3v) is 8.33. The summed E-state index contributed by atoms with van der Waals surface area (Å²) < 4.78 is 5.46. The summed E-state index contributed by atoms with van der Waals surface area (Å²) in [5.74, 6) is -0.232. The second-order valence-electron chi connectivity index (χ2n) is 10.7. The standard InChI is InChI=1S/C30H36O2S/c1-7-8-16-32-28(31)24-11-9-10-21-18-22(12-13-23(21)24)33-27-19-26-25(17-20(27)2)29(3,4)14-15-30(26,5)6/h9-13,17-19H,7-8,14-16H2,1-6H3. The first kappa shape index (κ1) is 23.9. The molecule has 174 valence electrons. The van der Waals surface area contributed by atoms with Crippen molar-refractivity contribution < 1.29 is 9.53 Å². The lowest BCUT2D eigenvalue weighted by Crippen LogP contribution is -2.34. The minimum absolute atomic E-state index is 0.199. The highest BCUT2D eigenvalue weighted by molar-refractivity contribution is 7.99. The van der Waals surface area contributed by atoms with Crippen molar-refractivity contribution in [2.24, 2.45) is 0 Å². The molecule has 1 aliphatic carbocycles. The summed E-state index contributed by atoms with van der Waals surface area (Å²) in [6, 6.07) is 17.1. The van der Waals surface area contributed by atoms with Gasteiger partial charge in [-0.2, -0.15) is 0 Å². The van der Waals surface area contributed by atoms with Crippen LogP contribution in [-0.4, -0.2) is 12.6 Å². The number of aryl methyl sites for hydroxylation is 1. The quantitative estimate of drug-likeness (QED) is 0.272. The van der Waals surface area contributed by atoms with Crippen LogP contribution in [0.15, 0.2) is 58.3 Å². The molecule has 0 N–H and O–H groups in total. The largest absolute Gasteiger partial charge is 0.462 e. The molecule has 0 atom stereocenters. The second kappa shape index (κ2) is 9.18. The minimum Gasteiger partial charge on any atom is -0.462 e. The first-order valence-corrected chi connectivity index (χ1v) is 13.0. The Bertz CT molecular complexity index is 1190. The van der Waals surface area contributed by atoms with Crippen LogP contribution in [0.1, 0.15) is 87.4 Å². The highest BCUT2D eigenvalue weighted by Gasteiger charge is 2.37. The van der Waals surface area contributed by atoms with Gasteiger partial charge in [0.2, 0.25) is 0 Å². The van der Waals surface area contributed by atoms with Crippen LogP contribution in [-0.2, 0) is 15.6 Å². The molecule has 0 radical (unpaired) electrons. The van der Waals surface area contributed by atoms with Crippen LogP contribution in [0.4, 0.5) is 0 Å². The number of rotatable bonds is 6. The third kappa shape index (κ3) is 4.84. The Hall–Kier alpha value is -2.26. The van der Waals surface area contributed by atoms with E-state index in [0.29, 0.717) is 12.2 Å². The summed E-state index contributed by atoms with van der Waals surface area (Å²) in [7, 11) is 0.